The summed E-state index contributed by atoms with van der Waals surface area (Å²) < 4.78 is 13.3. The highest BCUT2D eigenvalue weighted by molar-refractivity contribution is 6.70. The number of anilines is 1. The molecule has 15 heavy (non-hydrogen) atoms. The monoisotopic (exact) mass is 225 g/mol. The predicted octanol–water partition coefficient (Wildman–Crippen LogP) is 2.37. The van der Waals surface area contributed by atoms with Gasteiger partial charge >= 0.3 is 8.72 Å². The molecular weight excluding hydrogens is 206 g/mol. The minimum atomic E-state index is -2.23. The van der Waals surface area contributed by atoms with Gasteiger partial charge in [0.25, 0.3) is 0 Å². The molecule has 0 fully saturated rings. The van der Waals surface area contributed by atoms with Gasteiger partial charge in [-0.15, -0.1) is 0 Å². The molecule has 84 valence electrons. The summed E-state index contributed by atoms with van der Waals surface area (Å²) in [5, 5.41) is 0. The highest BCUT2D eigenvalue weighted by atomic mass is 28.4. The van der Waals surface area contributed by atoms with Crippen molar-refractivity contribution in [2.45, 2.75) is 13.5 Å². The summed E-state index contributed by atoms with van der Waals surface area (Å²) in [5.41, 5.74) is 1.15. The molecule has 0 bridgehead atoms. The van der Waals surface area contributed by atoms with Crippen LogP contribution in [0.5, 0.6) is 0 Å². The molecule has 0 aliphatic carbocycles. The van der Waals surface area contributed by atoms with E-state index in [1.165, 1.54) is 0 Å². The maximum absolute atomic E-state index is 5.54. The number of rotatable bonds is 5. The van der Waals surface area contributed by atoms with Crippen LogP contribution in [-0.4, -0.2) is 29.5 Å². The molecule has 0 aliphatic rings. The summed E-state index contributed by atoms with van der Waals surface area (Å²) in [6, 6.07) is 10.2. The van der Waals surface area contributed by atoms with Gasteiger partial charge in [0.05, 0.1) is 0 Å². The summed E-state index contributed by atoms with van der Waals surface area (Å²) in [4.78, 5) is 0. The molecular formula is C11H19NO2Si. The van der Waals surface area contributed by atoms with Crippen LogP contribution in [0.25, 0.3) is 0 Å². The Bertz CT molecular complexity index is 288. The van der Waals surface area contributed by atoms with Gasteiger partial charge in [0.2, 0.25) is 0 Å². The van der Waals surface area contributed by atoms with Crippen LogP contribution in [0.1, 0.15) is 6.92 Å². The van der Waals surface area contributed by atoms with Crippen molar-refractivity contribution in [3.63, 3.8) is 0 Å². The molecule has 0 radical (unpaired) electrons. The molecule has 0 heterocycles. The first kappa shape index (κ1) is 12.2. The van der Waals surface area contributed by atoms with E-state index in [2.05, 4.69) is 23.6 Å². The highest BCUT2D eigenvalue weighted by Crippen LogP contribution is 2.21. The summed E-state index contributed by atoms with van der Waals surface area (Å²) in [6.07, 6.45) is 0. The average Bonchev–Trinajstić information content (AvgIpc) is 2.31. The van der Waals surface area contributed by atoms with E-state index < -0.39 is 8.72 Å². The Hall–Kier alpha value is -0.843. The van der Waals surface area contributed by atoms with Crippen molar-refractivity contribution in [3.05, 3.63) is 30.3 Å². The maximum Gasteiger partial charge on any atom is 0.455 e. The number of benzene rings is 1. The van der Waals surface area contributed by atoms with Gasteiger partial charge in [0, 0.05) is 26.5 Å². The molecule has 0 saturated carbocycles. The van der Waals surface area contributed by atoms with Gasteiger partial charge in [-0.05, 0) is 25.6 Å². The summed E-state index contributed by atoms with van der Waals surface area (Å²) in [7, 11) is 1.19. The van der Waals surface area contributed by atoms with E-state index in [1.54, 1.807) is 14.2 Å². The second-order valence-corrected chi connectivity index (χ2v) is 6.54. The molecule has 0 atom stereocenters. The van der Waals surface area contributed by atoms with Gasteiger partial charge in [0.1, 0.15) is 0 Å². The van der Waals surface area contributed by atoms with Crippen molar-refractivity contribution >= 4 is 14.4 Å². The lowest BCUT2D eigenvalue weighted by molar-refractivity contribution is 0.247. The average molecular weight is 225 g/mol. The van der Waals surface area contributed by atoms with Crippen LogP contribution < -0.4 is 4.57 Å². The van der Waals surface area contributed by atoms with Crippen LogP contribution in [0.15, 0.2) is 30.3 Å². The normalized spacial score (nSPS) is 11.5. The molecule has 0 N–H and O–H groups in total. The number of hydrogen-bond acceptors (Lipinski definition) is 3. The number of hydrogen-bond donors (Lipinski definition) is 0. The van der Waals surface area contributed by atoms with E-state index in [0.29, 0.717) is 0 Å². The zero-order valence-electron chi connectivity index (χ0n) is 9.86. The molecule has 1 aromatic rings. The molecule has 0 saturated heterocycles. The van der Waals surface area contributed by atoms with Gasteiger partial charge in [0.15, 0.2) is 0 Å². The third kappa shape index (κ3) is 2.59. The second-order valence-electron chi connectivity index (χ2n) is 3.39. The van der Waals surface area contributed by atoms with Gasteiger partial charge in [-0.2, -0.15) is 0 Å². The molecule has 0 amide bonds. The first-order chi connectivity index (χ1) is 7.18. The first-order valence-electron chi connectivity index (χ1n) is 5.11. The summed E-state index contributed by atoms with van der Waals surface area (Å²) in [6.45, 7) is 5.04. The number of para-hydroxylation sites is 1. The molecule has 3 nitrogen and oxygen atoms in total. The van der Waals surface area contributed by atoms with Crippen LogP contribution in [0, 0.1) is 0 Å². The van der Waals surface area contributed by atoms with Crippen LogP contribution in [0.2, 0.25) is 6.55 Å². The third-order valence-corrected chi connectivity index (χ3v) is 5.70. The third-order valence-electron chi connectivity index (χ3n) is 2.63. The lowest BCUT2D eigenvalue weighted by Gasteiger charge is -2.36. The maximum atomic E-state index is 5.54. The Labute approximate surface area is 93.0 Å². The highest BCUT2D eigenvalue weighted by Gasteiger charge is 2.37. The Morgan fingerprint density at radius 2 is 1.67 bits per heavy atom. The van der Waals surface area contributed by atoms with Crippen molar-refractivity contribution in [2.75, 3.05) is 25.3 Å². The molecule has 4 heteroatoms. The summed E-state index contributed by atoms with van der Waals surface area (Å²) >= 11 is 0. The van der Waals surface area contributed by atoms with Gasteiger partial charge in [-0.1, -0.05) is 18.2 Å². The fraction of sp³-hybridized carbons (Fsp3) is 0.455. The fourth-order valence-corrected chi connectivity index (χ4v) is 3.42. The van der Waals surface area contributed by atoms with Gasteiger partial charge in [-0.3, -0.25) is 0 Å². The van der Waals surface area contributed by atoms with Crippen molar-refractivity contribution < 1.29 is 8.85 Å². The van der Waals surface area contributed by atoms with Crippen LogP contribution in [-0.2, 0) is 8.85 Å². The quantitative estimate of drug-likeness (QED) is 0.718. The molecule has 1 rings (SSSR count). The lowest BCUT2D eigenvalue weighted by Crippen LogP contribution is -2.55. The molecule has 1 aromatic carbocycles. The lowest BCUT2D eigenvalue weighted by atomic mass is 10.3. The van der Waals surface area contributed by atoms with Crippen molar-refractivity contribution in [2.24, 2.45) is 0 Å². The topological polar surface area (TPSA) is 21.7 Å². The Balaban J connectivity index is 2.98. The predicted molar refractivity (Wildman–Crippen MR) is 65.1 cm³/mol. The van der Waals surface area contributed by atoms with Crippen LogP contribution in [0.3, 0.4) is 0 Å². The molecule has 0 unspecified atom stereocenters. The smallest absolute Gasteiger partial charge is 0.382 e. The molecule has 0 spiro atoms. The SMILES string of the molecule is CCN(c1ccccc1)[Si](C)(OC)OC. The van der Waals surface area contributed by atoms with E-state index in [9.17, 15) is 0 Å². The zero-order valence-corrected chi connectivity index (χ0v) is 10.9. The van der Waals surface area contributed by atoms with E-state index >= 15 is 0 Å². The Morgan fingerprint density at radius 3 is 2.07 bits per heavy atom. The Morgan fingerprint density at radius 1 is 1.13 bits per heavy atom. The summed E-state index contributed by atoms with van der Waals surface area (Å²) in [5.74, 6) is 0. The van der Waals surface area contributed by atoms with Crippen LogP contribution in [0.4, 0.5) is 5.69 Å². The van der Waals surface area contributed by atoms with Crippen molar-refractivity contribution in [3.8, 4) is 0 Å². The minimum absolute atomic E-state index is 0.883. The van der Waals surface area contributed by atoms with Crippen molar-refractivity contribution in [1.29, 1.82) is 0 Å². The van der Waals surface area contributed by atoms with E-state index in [0.717, 1.165) is 12.2 Å². The second kappa shape index (κ2) is 5.30. The Kier molecular flexibility index (Phi) is 4.32. The minimum Gasteiger partial charge on any atom is -0.382 e. The van der Waals surface area contributed by atoms with E-state index in [-0.39, 0.29) is 0 Å². The standard InChI is InChI=1S/C11H19NO2Si/c1-5-12(15(4,13-2)14-3)11-9-7-6-8-10-11/h6-10H,5H2,1-4H3. The van der Waals surface area contributed by atoms with E-state index in [1.807, 2.05) is 24.7 Å². The van der Waals surface area contributed by atoms with Gasteiger partial charge in [-0.25, -0.2) is 0 Å². The van der Waals surface area contributed by atoms with Crippen LogP contribution >= 0.6 is 0 Å². The first-order valence-corrected chi connectivity index (χ1v) is 7.37. The molecule has 0 aliphatic heterocycles. The fourth-order valence-electron chi connectivity index (χ4n) is 1.62. The van der Waals surface area contributed by atoms with Crippen molar-refractivity contribution in [1.82, 2.24) is 0 Å². The number of nitrogens with zero attached hydrogens (tertiary/aromatic N) is 1. The zero-order chi connectivity index (χ0) is 11.3. The largest absolute Gasteiger partial charge is 0.455 e. The van der Waals surface area contributed by atoms with E-state index in [4.69, 9.17) is 8.85 Å². The molecule has 0 aromatic heterocycles. The van der Waals surface area contributed by atoms with Gasteiger partial charge < -0.3 is 13.4 Å².